The summed E-state index contributed by atoms with van der Waals surface area (Å²) in [5.41, 5.74) is 5.17. The van der Waals surface area contributed by atoms with Gasteiger partial charge in [0.25, 0.3) is 0 Å². The van der Waals surface area contributed by atoms with Crippen molar-refractivity contribution in [2.45, 2.75) is 12.8 Å². The summed E-state index contributed by atoms with van der Waals surface area (Å²) >= 11 is 0. The zero-order chi connectivity index (χ0) is 40.9. The largest absolute Gasteiger partial charge is 0.508 e. The summed E-state index contributed by atoms with van der Waals surface area (Å²) < 4.78 is 68.9. The van der Waals surface area contributed by atoms with Crippen LogP contribution < -0.4 is 4.74 Å². The molecule has 294 valence electrons. The molecule has 0 radical (unpaired) electrons. The number of phenolic OH excluding ortho intramolecular Hbond substituents is 3. The SMILES string of the molecule is OCCOc1c(F)c(F)c(-c2c3nc(c(-c4cccc(O)c4)c4ccc([nH]4)c(-c4cccc(O)c4)c4nc(c(-c5cccc(O)c5)c5ccc2[nH]5)CC4)C=C3)c(F)c1F. The smallest absolute Gasteiger partial charge is 0.204 e. The first-order valence-corrected chi connectivity index (χ1v) is 18.5. The van der Waals surface area contributed by atoms with E-state index in [-0.39, 0.29) is 39.7 Å². The minimum absolute atomic E-state index is 0.0270. The molecule has 8 bridgehead atoms. The summed E-state index contributed by atoms with van der Waals surface area (Å²) in [6, 6.07) is 26.5. The lowest BCUT2D eigenvalue weighted by Gasteiger charge is -2.13. The number of aromatic hydroxyl groups is 3. The second kappa shape index (κ2) is 14.8. The van der Waals surface area contributed by atoms with Crippen LogP contribution in [0.2, 0.25) is 0 Å². The second-order valence-corrected chi connectivity index (χ2v) is 14.0. The molecule has 9 rings (SSSR count). The summed E-state index contributed by atoms with van der Waals surface area (Å²) in [6.07, 6.45) is 3.93. The summed E-state index contributed by atoms with van der Waals surface area (Å²) in [4.78, 5) is 16.7. The van der Waals surface area contributed by atoms with Crippen LogP contribution in [0.15, 0.2) is 97.1 Å². The fourth-order valence-electron chi connectivity index (χ4n) is 7.77. The number of hydrogen-bond donors (Lipinski definition) is 6. The van der Waals surface area contributed by atoms with Gasteiger partial charge in [-0.05, 0) is 102 Å². The minimum atomic E-state index is -1.80. The molecule has 0 unspecified atom stereocenters. The zero-order valence-electron chi connectivity index (χ0n) is 30.8. The van der Waals surface area contributed by atoms with E-state index in [1.165, 1.54) is 30.3 Å². The standard InChI is InChI=1S/C46H32F4N4O5/c47-42-41(43(48)45(50)46(44(42)49)59-19-18-55)40-35-16-14-33(53-35)38(24-5-2-8-27(57)21-24)31-12-10-29(51-31)37(23-4-1-7-26(56)20-23)30-11-13-32(52-30)39(34-15-17-36(40)54-34)25-6-3-9-28(58)22-25/h1-10,12,14-17,20-22,51,54-58H,11,13,18-19H2. The molecular formula is C46H32F4N4O5. The Hall–Kier alpha value is -7.38. The van der Waals surface area contributed by atoms with E-state index in [0.717, 1.165) is 0 Å². The molecule has 0 saturated carbocycles. The Morgan fingerprint density at radius 2 is 0.932 bits per heavy atom. The number of hydrogen-bond acceptors (Lipinski definition) is 7. The fraction of sp³-hybridized carbons (Fsp3) is 0.0870. The average Bonchev–Trinajstić information content (AvgIpc) is 4.06. The maximum atomic E-state index is 16.3. The van der Waals surface area contributed by atoms with Gasteiger partial charge in [0.2, 0.25) is 11.6 Å². The molecule has 0 amide bonds. The van der Waals surface area contributed by atoms with Crippen LogP contribution in [0, 0.1) is 23.3 Å². The number of fused-ring (bicyclic) bond motifs is 8. The molecule has 7 aromatic rings. The number of rotatable bonds is 7. The highest BCUT2D eigenvalue weighted by atomic mass is 19.2. The Balaban J connectivity index is 1.48. The normalized spacial score (nSPS) is 12.3. The van der Waals surface area contributed by atoms with Gasteiger partial charge in [-0.25, -0.2) is 13.8 Å². The number of phenols is 3. The van der Waals surface area contributed by atoms with Crippen molar-refractivity contribution in [1.82, 2.24) is 19.9 Å². The van der Waals surface area contributed by atoms with Gasteiger partial charge in [-0.15, -0.1) is 0 Å². The summed E-state index contributed by atoms with van der Waals surface area (Å²) in [5, 5.41) is 41.0. The van der Waals surface area contributed by atoms with Crippen molar-refractivity contribution in [1.29, 1.82) is 0 Å². The van der Waals surface area contributed by atoms with Crippen molar-refractivity contribution in [2.24, 2.45) is 0 Å². The monoisotopic (exact) mass is 796 g/mol. The number of aliphatic hydroxyl groups excluding tert-OH is 1. The van der Waals surface area contributed by atoms with E-state index in [2.05, 4.69) is 9.97 Å². The quantitative estimate of drug-likeness (QED) is 0.0695. The van der Waals surface area contributed by atoms with Gasteiger partial charge in [-0.3, -0.25) is 4.98 Å². The van der Waals surface area contributed by atoms with Crippen LogP contribution in [0.1, 0.15) is 22.8 Å². The third-order valence-electron chi connectivity index (χ3n) is 10.3. The van der Waals surface area contributed by atoms with E-state index in [9.17, 15) is 20.4 Å². The molecule has 3 aromatic heterocycles. The summed E-state index contributed by atoms with van der Waals surface area (Å²) in [7, 11) is 0. The minimum Gasteiger partial charge on any atom is -0.508 e. The molecule has 0 atom stereocenters. The highest BCUT2D eigenvalue weighted by molar-refractivity contribution is 5.97. The summed E-state index contributed by atoms with van der Waals surface area (Å²) in [6.45, 7) is -1.28. The summed E-state index contributed by atoms with van der Waals surface area (Å²) in [5.74, 6) is -8.43. The van der Waals surface area contributed by atoms with Crippen LogP contribution in [0.5, 0.6) is 23.0 Å². The molecule has 0 fully saturated rings. The van der Waals surface area contributed by atoms with Gasteiger partial charge in [0.1, 0.15) is 23.9 Å². The van der Waals surface area contributed by atoms with Crippen molar-refractivity contribution < 1.29 is 42.7 Å². The molecule has 0 spiro atoms. The maximum absolute atomic E-state index is 16.3. The van der Waals surface area contributed by atoms with Gasteiger partial charge in [0.05, 0.1) is 34.9 Å². The second-order valence-electron chi connectivity index (χ2n) is 14.0. The molecule has 4 aromatic carbocycles. The topological polar surface area (TPSA) is 148 Å². The Morgan fingerprint density at radius 3 is 1.39 bits per heavy atom. The van der Waals surface area contributed by atoms with E-state index in [1.54, 1.807) is 60.7 Å². The van der Waals surface area contributed by atoms with Gasteiger partial charge < -0.3 is 35.1 Å². The Bertz CT molecular complexity index is 3020. The molecule has 2 aliphatic rings. The van der Waals surface area contributed by atoms with Crippen LogP contribution >= 0.6 is 0 Å². The number of H-pyrrole nitrogens is 2. The van der Waals surface area contributed by atoms with Gasteiger partial charge in [0.15, 0.2) is 17.4 Å². The van der Waals surface area contributed by atoms with Crippen LogP contribution in [0.4, 0.5) is 17.6 Å². The highest BCUT2D eigenvalue weighted by Gasteiger charge is 2.31. The van der Waals surface area contributed by atoms with Crippen molar-refractivity contribution >= 4 is 34.2 Å². The third-order valence-corrected chi connectivity index (χ3v) is 10.3. The molecular weight excluding hydrogens is 765 g/mol. The number of benzene rings is 4. The van der Waals surface area contributed by atoms with Gasteiger partial charge in [-0.1, -0.05) is 36.4 Å². The van der Waals surface area contributed by atoms with Crippen LogP contribution in [-0.2, 0) is 12.8 Å². The maximum Gasteiger partial charge on any atom is 0.204 e. The number of aryl methyl sites for hydroxylation is 2. The van der Waals surface area contributed by atoms with Gasteiger partial charge in [-0.2, -0.15) is 8.78 Å². The molecule has 6 N–H and O–H groups in total. The van der Waals surface area contributed by atoms with E-state index in [0.29, 0.717) is 74.2 Å². The van der Waals surface area contributed by atoms with Crippen molar-refractivity contribution in [2.75, 3.05) is 13.2 Å². The van der Waals surface area contributed by atoms with Crippen LogP contribution in [-0.4, -0.2) is 53.6 Å². The number of ether oxygens (including phenoxy) is 1. The lowest BCUT2D eigenvalue weighted by Crippen LogP contribution is -2.09. The Kier molecular flexibility index (Phi) is 9.36. The van der Waals surface area contributed by atoms with Gasteiger partial charge in [0, 0.05) is 44.3 Å². The number of halogens is 4. The van der Waals surface area contributed by atoms with E-state index >= 15 is 17.6 Å². The Labute approximate surface area is 332 Å². The predicted molar refractivity (Wildman–Crippen MR) is 216 cm³/mol. The number of nitrogens with one attached hydrogen (secondary N) is 2. The molecule has 0 saturated heterocycles. The fourth-order valence-corrected chi connectivity index (χ4v) is 7.77. The first-order chi connectivity index (χ1) is 28.6. The van der Waals surface area contributed by atoms with E-state index in [4.69, 9.17) is 14.7 Å². The van der Waals surface area contributed by atoms with E-state index < -0.39 is 47.8 Å². The lowest BCUT2D eigenvalue weighted by atomic mass is 10.0. The van der Waals surface area contributed by atoms with Crippen molar-refractivity contribution in [3.8, 4) is 67.5 Å². The first-order valence-electron chi connectivity index (χ1n) is 18.5. The van der Waals surface area contributed by atoms with E-state index in [1.807, 2.05) is 18.2 Å². The lowest BCUT2D eigenvalue weighted by molar-refractivity contribution is 0.187. The number of aromatic amines is 2. The first kappa shape index (κ1) is 37.2. The highest BCUT2D eigenvalue weighted by Crippen LogP contribution is 2.42. The number of aliphatic hydroxyl groups is 1. The van der Waals surface area contributed by atoms with Gasteiger partial charge >= 0.3 is 0 Å². The zero-order valence-corrected chi connectivity index (χ0v) is 30.8. The Morgan fingerprint density at radius 1 is 0.508 bits per heavy atom. The number of aromatic nitrogens is 4. The van der Waals surface area contributed by atoms with Crippen molar-refractivity contribution in [3.63, 3.8) is 0 Å². The molecule has 9 nitrogen and oxygen atoms in total. The molecule has 2 aliphatic heterocycles. The average molecular weight is 797 g/mol. The van der Waals surface area contributed by atoms with Crippen LogP contribution in [0.3, 0.4) is 0 Å². The molecule has 0 aliphatic carbocycles. The number of nitrogens with zero attached hydrogens (tertiary/aromatic N) is 2. The molecule has 59 heavy (non-hydrogen) atoms. The third kappa shape index (κ3) is 6.60. The van der Waals surface area contributed by atoms with Crippen LogP contribution in [0.25, 0.3) is 78.7 Å². The molecule has 5 heterocycles. The molecule has 13 heteroatoms. The predicted octanol–water partition coefficient (Wildman–Crippen LogP) is 9.98. The van der Waals surface area contributed by atoms with Crippen molar-refractivity contribution in [3.05, 3.63) is 143 Å².